The van der Waals surface area contributed by atoms with Crippen LogP contribution in [0.4, 0.5) is 16.2 Å². The number of nitro groups is 1. The van der Waals surface area contributed by atoms with E-state index in [2.05, 4.69) is 19.5 Å². The van der Waals surface area contributed by atoms with Crippen LogP contribution in [0.1, 0.15) is 27.6 Å². The maximum absolute atomic E-state index is 11.7. The third-order valence-corrected chi connectivity index (χ3v) is 2.66. The van der Waals surface area contributed by atoms with E-state index in [1.54, 1.807) is 6.92 Å². The van der Waals surface area contributed by atoms with Gasteiger partial charge >= 0.3 is 18.0 Å². The Morgan fingerprint density at radius 1 is 1.13 bits per heavy atom. The molecule has 0 fully saturated rings. The molecule has 0 heterocycles. The second-order valence-electron chi connectivity index (χ2n) is 4.00. The summed E-state index contributed by atoms with van der Waals surface area (Å²) in [5.41, 5.74) is -1.58. The summed E-state index contributed by atoms with van der Waals surface area (Å²) in [4.78, 5) is 45.1. The first kappa shape index (κ1) is 17.9. The minimum Gasteiger partial charge on any atom is -0.465 e. The van der Waals surface area contributed by atoms with Gasteiger partial charge in [0.25, 0.3) is 5.69 Å². The molecule has 0 saturated carbocycles. The van der Waals surface area contributed by atoms with E-state index in [1.807, 2.05) is 0 Å². The molecule has 10 nitrogen and oxygen atoms in total. The van der Waals surface area contributed by atoms with Crippen molar-refractivity contribution < 1.29 is 33.5 Å². The van der Waals surface area contributed by atoms with Gasteiger partial charge in [-0.2, -0.15) is 0 Å². The highest BCUT2D eigenvalue weighted by molar-refractivity contribution is 6.04. The van der Waals surface area contributed by atoms with Crippen LogP contribution in [0.3, 0.4) is 0 Å². The minimum absolute atomic E-state index is 0.0657. The Labute approximate surface area is 130 Å². The highest BCUT2D eigenvalue weighted by atomic mass is 16.6. The van der Waals surface area contributed by atoms with E-state index in [0.717, 1.165) is 26.4 Å². The summed E-state index contributed by atoms with van der Waals surface area (Å²) in [5, 5.41) is 13.3. The number of nitro benzene ring substituents is 1. The van der Waals surface area contributed by atoms with E-state index < -0.39 is 34.2 Å². The highest BCUT2D eigenvalue weighted by Gasteiger charge is 2.27. The van der Waals surface area contributed by atoms with E-state index in [1.165, 1.54) is 0 Å². The summed E-state index contributed by atoms with van der Waals surface area (Å²) in [6.45, 7) is 1.63. The van der Waals surface area contributed by atoms with Gasteiger partial charge in [0.05, 0.1) is 37.0 Å². The van der Waals surface area contributed by atoms with Gasteiger partial charge in [-0.3, -0.25) is 15.4 Å². The van der Waals surface area contributed by atoms with E-state index in [9.17, 15) is 24.5 Å². The average molecular weight is 326 g/mol. The molecule has 1 rings (SSSR count). The van der Waals surface area contributed by atoms with Gasteiger partial charge in [0.15, 0.2) is 0 Å². The fraction of sp³-hybridized carbons (Fsp3) is 0.308. The van der Waals surface area contributed by atoms with Gasteiger partial charge in [-0.15, -0.1) is 0 Å². The summed E-state index contributed by atoms with van der Waals surface area (Å²) in [6, 6.07) is 1.77. The second-order valence-corrected chi connectivity index (χ2v) is 4.00. The van der Waals surface area contributed by atoms with Crippen molar-refractivity contribution in [2.24, 2.45) is 0 Å². The number of hydrogen-bond donors (Lipinski definition) is 1. The van der Waals surface area contributed by atoms with Gasteiger partial charge in [0, 0.05) is 6.07 Å². The van der Waals surface area contributed by atoms with Crippen LogP contribution >= 0.6 is 0 Å². The van der Waals surface area contributed by atoms with E-state index in [-0.39, 0.29) is 17.9 Å². The number of carbonyl (C=O) groups excluding carboxylic acids is 3. The number of esters is 2. The topological polar surface area (TPSA) is 134 Å². The van der Waals surface area contributed by atoms with Gasteiger partial charge in [0.1, 0.15) is 5.56 Å². The first-order valence-electron chi connectivity index (χ1n) is 6.28. The number of amides is 1. The maximum Gasteiger partial charge on any atom is 0.411 e. The van der Waals surface area contributed by atoms with Gasteiger partial charge in [-0.05, 0) is 13.0 Å². The van der Waals surface area contributed by atoms with Crippen molar-refractivity contribution in [2.75, 3.05) is 26.1 Å². The number of nitrogens with zero attached hydrogens (tertiary/aromatic N) is 1. The smallest absolute Gasteiger partial charge is 0.411 e. The molecular formula is C13H14N2O8. The molecule has 1 amide bonds. The molecule has 0 atom stereocenters. The lowest BCUT2D eigenvalue weighted by Gasteiger charge is -2.11. The molecule has 0 spiro atoms. The Morgan fingerprint density at radius 3 is 2.17 bits per heavy atom. The standard InChI is InChI=1S/C13H14N2O8/c1-4-23-13(18)14-9-5-8(12(17)22-3)10(15(19)20)6-7(9)11(16)21-2/h5-6H,4H2,1-3H3,(H,14,18). The SMILES string of the molecule is CCOC(=O)Nc1cc(C(=O)OC)c([N+](=O)[O-])cc1C(=O)OC. The highest BCUT2D eigenvalue weighted by Crippen LogP contribution is 2.28. The van der Waals surface area contributed by atoms with Crippen molar-refractivity contribution in [3.63, 3.8) is 0 Å². The Hall–Kier alpha value is -3.17. The van der Waals surface area contributed by atoms with Gasteiger partial charge in [-0.25, -0.2) is 14.4 Å². The van der Waals surface area contributed by atoms with Crippen LogP contribution in [-0.2, 0) is 14.2 Å². The number of benzene rings is 1. The van der Waals surface area contributed by atoms with Gasteiger partial charge < -0.3 is 14.2 Å². The molecule has 10 heteroatoms. The zero-order chi connectivity index (χ0) is 17.6. The third kappa shape index (κ3) is 4.15. The molecule has 0 unspecified atom stereocenters. The number of anilines is 1. The summed E-state index contributed by atoms with van der Waals surface area (Å²) in [5.74, 6) is -1.93. The lowest BCUT2D eigenvalue weighted by atomic mass is 10.1. The summed E-state index contributed by atoms with van der Waals surface area (Å²) in [6.07, 6.45) is -0.901. The van der Waals surface area contributed by atoms with Crippen molar-refractivity contribution in [3.05, 3.63) is 33.4 Å². The molecule has 0 aromatic heterocycles. The minimum atomic E-state index is -1.000. The van der Waals surface area contributed by atoms with E-state index in [4.69, 9.17) is 0 Å². The van der Waals surface area contributed by atoms with Crippen LogP contribution < -0.4 is 5.32 Å². The molecule has 124 valence electrons. The number of hydrogen-bond acceptors (Lipinski definition) is 8. The summed E-state index contributed by atoms with van der Waals surface area (Å²) in [7, 11) is 2.11. The number of carbonyl (C=O) groups is 3. The van der Waals surface area contributed by atoms with Crippen molar-refractivity contribution in [3.8, 4) is 0 Å². The molecule has 0 aliphatic carbocycles. The van der Waals surface area contributed by atoms with E-state index >= 15 is 0 Å². The fourth-order valence-corrected chi connectivity index (χ4v) is 1.67. The summed E-state index contributed by atoms with van der Waals surface area (Å²) < 4.78 is 13.6. The molecule has 0 aliphatic heterocycles. The largest absolute Gasteiger partial charge is 0.465 e. The monoisotopic (exact) mass is 326 g/mol. The van der Waals surface area contributed by atoms with Gasteiger partial charge in [-0.1, -0.05) is 0 Å². The van der Waals surface area contributed by atoms with Crippen molar-refractivity contribution in [2.45, 2.75) is 6.92 Å². The molecular weight excluding hydrogens is 312 g/mol. The van der Waals surface area contributed by atoms with Crippen LogP contribution in [0, 0.1) is 10.1 Å². The molecule has 0 aliphatic rings. The quantitative estimate of drug-likeness (QED) is 0.374. The number of methoxy groups -OCH3 is 2. The fourth-order valence-electron chi connectivity index (χ4n) is 1.67. The zero-order valence-corrected chi connectivity index (χ0v) is 12.6. The van der Waals surface area contributed by atoms with Crippen LogP contribution in [0.2, 0.25) is 0 Å². The maximum atomic E-state index is 11.7. The average Bonchev–Trinajstić information content (AvgIpc) is 2.52. The van der Waals surface area contributed by atoms with E-state index in [0.29, 0.717) is 0 Å². The Balaban J connectivity index is 3.50. The number of ether oxygens (including phenoxy) is 3. The molecule has 1 aromatic carbocycles. The molecule has 23 heavy (non-hydrogen) atoms. The molecule has 0 radical (unpaired) electrons. The predicted octanol–water partition coefficient (Wildman–Crippen LogP) is 1.74. The summed E-state index contributed by atoms with van der Waals surface area (Å²) >= 11 is 0. The number of nitrogens with one attached hydrogen (secondary N) is 1. The molecule has 1 aromatic rings. The lowest BCUT2D eigenvalue weighted by molar-refractivity contribution is -0.385. The normalized spacial score (nSPS) is 9.70. The predicted molar refractivity (Wildman–Crippen MR) is 76.4 cm³/mol. The second kappa shape index (κ2) is 7.73. The van der Waals surface area contributed by atoms with Gasteiger partial charge in [0.2, 0.25) is 0 Å². The van der Waals surface area contributed by atoms with Crippen LogP contribution in [-0.4, -0.2) is 43.8 Å². The molecule has 1 N–H and O–H groups in total. The third-order valence-electron chi connectivity index (χ3n) is 2.66. The first-order valence-corrected chi connectivity index (χ1v) is 6.28. The molecule has 0 saturated heterocycles. The Morgan fingerprint density at radius 2 is 1.70 bits per heavy atom. The molecule has 0 bridgehead atoms. The number of rotatable bonds is 5. The van der Waals surface area contributed by atoms with Crippen molar-refractivity contribution >= 4 is 29.4 Å². The first-order chi connectivity index (χ1) is 10.8. The zero-order valence-electron chi connectivity index (χ0n) is 12.6. The van der Waals surface area contributed by atoms with Crippen molar-refractivity contribution in [1.82, 2.24) is 0 Å². The Bertz CT molecular complexity index is 656. The van der Waals surface area contributed by atoms with Crippen LogP contribution in [0.25, 0.3) is 0 Å². The lowest BCUT2D eigenvalue weighted by Crippen LogP contribution is -2.18. The van der Waals surface area contributed by atoms with Crippen molar-refractivity contribution in [1.29, 1.82) is 0 Å². The van der Waals surface area contributed by atoms with Crippen LogP contribution in [0.15, 0.2) is 12.1 Å². The van der Waals surface area contributed by atoms with Crippen LogP contribution in [0.5, 0.6) is 0 Å². The Kier molecular flexibility index (Phi) is 6.01.